The van der Waals surface area contributed by atoms with Gasteiger partial charge in [0, 0.05) is 12.6 Å². The monoisotopic (exact) mass is 235 g/mol. The molecule has 0 spiro atoms. The minimum absolute atomic E-state index is 0.0607. The van der Waals surface area contributed by atoms with E-state index in [1.165, 1.54) is 0 Å². The first-order valence-corrected chi connectivity index (χ1v) is 6.25. The van der Waals surface area contributed by atoms with Crippen LogP contribution in [0.1, 0.15) is 25.0 Å². The molecule has 2 heterocycles. The first-order chi connectivity index (χ1) is 8.34. The molecule has 4 heteroatoms. The van der Waals surface area contributed by atoms with E-state index in [0.717, 1.165) is 31.6 Å². The van der Waals surface area contributed by atoms with Crippen molar-refractivity contribution >= 4 is 5.91 Å². The number of carbonyl (C=O) groups is 1. The van der Waals surface area contributed by atoms with Crippen LogP contribution in [0, 0.1) is 5.92 Å². The molecule has 2 fully saturated rings. The quantitative estimate of drug-likeness (QED) is 0.799. The van der Waals surface area contributed by atoms with Gasteiger partial charge in [-0.1, -0.05) is 0 Å². The molecule has 1 atom stereocenters. The SMILES string of the molecule is O=C(C1CCOC1)N(Cc1ccco1)C1CC1. The summed E-state index contributed by atoms with van der Waals surface area (Å²) in [4.78, 5) is 14.3. The molecule has 1 saturated carbocycles. The Hall–Kier alpha value is -1.29. The molecule has 1 saturated heterocycles. The van der Waals surface area contributed by atoms with Crippen LogP contribution in [0.15, 0.2) is 22.8 Å². The lowest BCUT2D eigenvalue weighted by atomic mass is 10.1. The maximum Gasteiger partial charge on any atom is 0.228 e. The van der Waals surface area contributed by atoms with Gasteiger partial charge in [-0.25, -0.2) is 0 Å². The Kier molecular flexibility index (Phi) is 2.89. The molecule has 1 unspecified atom stereocenters. The molecule has 0 bridgehead atoms. The van der Waals surface area contributed by atoms with Crippen LogP contribution in [0.4, 0.5) is 0 Å². The van der Waals surface area contributed by atoms with Crippen molar-refractivity contribution in [1.82, 2.24) is 4.90 Å². The number of rotatable bonds is 4. The molecule has 0 radical (unpaired) electrons. The third-order valence-electron chi connectivity index (χ3n) is 3.46. The van der Waals surface area contributed by atoms with Gasteiger partial charge in [0.1, 0.15) is 5.76 Å². The van der Waals surface area contributed by atoms with E-state index < -0.39 is 0 Å². The highest BCUT2D eigenvalue weighted by atomic mass is 16.5. The zero-order chi connectivity index (χ0) is 11.7. The number of furan rings is 1. The summed E-state index contributed by atoms with van der Waals surface area (Å²) >= 11 is 0. The molecule has 1 aromatic heterocycles. The lowest BCUT2D eigenvalue weighted by molar-refractivity contribution is -0.137. The number of hydrogen-bond acceptors (Lipinski definition) is 3. The van der Waals surface area contributed by atoms with Crippen LogP contribution in [-0.2, 0) is 16.1 Å². The van der Waals surface area contributed by atoms with E-state index in [1.54, 1.807) is 6.26 Å². The van der Waals surface area contributed by atoms with Crippen molar-refractivity contribution in [2.45, 2.75) is 31.8 Å². The summed E-state index contributed by atoms with van der Waals surface area (Å²) in [5.41, 5.74) is 0. The van der Waals surface area contributed by atoms with E-state index >= 15 is 0 Å². The summed E-state index contributed by atoms with van der Waals surface area (Å²) in [6.45, 7) is 1.91. The maximum atomic E-state index is 12.4. The molecular weight excluding hydrogens is 218 g/mol. The molecule has 17 heavy (non-hydrogen) atoms. The molecule has 3 rings (SSSR count). The molecule has 0 aromatic carbocycles. The normalized spacial score (nSPS) is 23.9. The molecule has 1 aliphatic carbocycles. The van der Waals surface area contributed by atoms with Crippen LogP contribution in [-0.4, -0.2) is 30.1 Å². The van der Waals surface area contributed by atoms with E-state index in [9.17, 15) is 4.79 Å². The van der Waals surface area contributed by atoms with Gasteiger partial charge in [0.25, 0.3) is 0 Å². The zero-order valence-electron chi connectivity index (χ0n) is 9.80. The predicted octanol–water partition coefficient (Wildman–Crippen LogP) is 1.81. The zero-order valence-corrected chi connectivity index (χ0v) is 9.80. The summed E-state index contributed by atoms with van der Waals surface area (Å²) in [6, 6.07) is 4.21. The molecule has 1 aliphatic heterocycles. The van der Waals surface area contributed by atoms with Crippen molar-refractivity contribution in [3.05, 3.63) is 24.2 Å². The summed E-state index contributed by atoms with van der Waals surface area (Å²) in [5, 5.41) is 0. The first-order valence-electron chi connectivity index (χ1n) is 6.25. The van der Waals surface area contributed by atoms with Gasteiger partial charge in [-0.05, 0) is 31.4 Å². The van der Waals surface area contributed by atoms with E-state index in [-0.39, 0.29) is 11.8 Å². The van der Waals surface area contributed by atoms with Gasteiger partial charge in [0.15, 0.2) is 0 Å². The van der Waals surface area contributed by atoms with E-state index in [0.29, 0.717) is 19.2 Å². The summed E-state index contributed by atoms with van der Waals surface area (Å²) in [7, 11) is 0. The van der Waals surface area contributed by atoms with Crippen molar-refractivity contribution in [3.8, 4) is 0 Å². The number of ether oxygens (including phenoxy) is 1. The molecule has 4 nitrogen and oxygen atoms in total. The van der Waals surface area contributed by atoms with E-state index in [2.05, 4.69) is 0 Å². The standard InChI is InChI=1S/C13H17NO3/c15-13(10-5-7-16-9-10)14(11-3-4-11)8-12-2-1-6-17-12/h1-2,6,10-11H,3-5,7-9H2. The van der Waals surface area contributed by atoms with Crippen LogP contribution in [0.2, 0.25) is 0 Å². The average Bonchev–Trinajstić information content (AvgIpc) is 2.86. The smallest absolute Gasteiger partial charge is 0.228 e. The second kappa shape index (κ2) is 4.53. The Balaban J connectivity index is 1.68. The number of carbonyl (C=O) groups excluding carboxylic acids is 1. The topological polar surface area (TPSA) is 42.7 Å². The van der Waals surface area contributed by atoms with Gasteiger partial charge < -0.3 is 14.1 Å². The lowest BCUT2D eigenvalue weighted by Gasteiger charge is -2.24. The van der Waals surface area contributed by atoms with Crippen LogP contribution in [0.25, 0.3) is 0 Å². The molecular formula is C13H17NO3. The summed E-state index contributed by atoms with van der Waals surface area (Å²) in [5.74, 6) is 1.16. The minimum Gasteiger partial charge on any atom is -0.467 e. The van der Waals surface area contributed by atoms with Gasteiger partial charge in [-0.2, -0.15) is 0 Å². The average molecular weight is 235 g/mol. The first kappa shape index (κ1) is 10.8. The number of hydrogen-bond donors (Lipinski definition) is 0. The Morgan fingerprint density at radius 3 is 2.88 bits per heavy atom. The predicted molar refractivity (Wildman–Crippen MR) is 61.2 cm³/mol. The van der Waals surface area contributed by atoms with Gasteiger partial charge in [0.2, 0.25) is 5.91 Å². The highest BCUT2D eigenvalue weighted by Gasteiger charge is 2.37. The van der Waals surface area contributed by atoms with Crippen LogP contribution in [0.3, 0.4) is 0 Å². The maximum absolute atomic E-state index is 12.4. The highest BCUT2D eigenvalue weighted by Crippen LogP contribution is 2.31. The minimum atomic E-state index is 0.0607. The van der Waals surface area contributed by atoms with E-state index in [4.69, 9.17) is 9.15 Å². The van der Waals surface area contributed by atoms with Crippen molar-refractivity contribution in [1.29, 1.82) is 0 Å². The van der Waals surface area contributed by atoms with Gasteiger partial charge in [-0.15, -0.1) is 0 Å². The number of amides is 1. The Morgan fingerprint density at radius 1 is 1.41 bits per heavy atom. The fourth-order valence-electron chi connectivity index (χ4n) is 2.31. The molecule has 92 valence electrons. The molecule has 0 N–H and O–H groups in total. The summed E-state index contributed by atoms with van der Waals surface area (Å²) < 4.78 is 10.6. The van der Waals surface area contributed by atoms with Gasteiger partial charge >= 0.3 is 0 Å². The van der Waals surface area contributed by atoms with Gasteiger partial charge in [-0.3, -0.25) is 4.79 Å². The van der Waals surface area contributed by atoms with E-state index in [1.807, 2.05) is 17.0 Å². The largest absolute Gasteiger partial charge is 0.467 e. The van der Waals surface area contributed by atoms with Crippen molar-refractivity contribution in [2.24, 2.45) is 5.92 Å². The van der Waals surface area contributed by atoms with Crippen LogP contribution in [0.5, 0.6) is 0 Å². The highest BCUT2D eigenvalue weighted by molar-refractivity contribution is 5.79. The second-order valence-corrected chi connectivity index (χ2v) is 4.84. The van der Waals surface area contributed by atoms with Gasteiger partial charge in [0.05, 0.1) is 25.3 Å². The number of nitrogens with zero attached hydrogens (tertiary/aromatic N) is 1. The van der Waals surface area contributed by atoms with Crippen LogP contribution < -0.4 is 0 Å². The van der Waals surface area contributed by atoms with Crippen molar-refractivity contribution in [3.63, 3.8) is 0 Å². The molecule has 1 amide bonds. The second-order valence-electron chi connectivity index (χ2n) is 4.84. The van der Waals surface area contributed by atoms with Crippen LogP contribution >= 0.6 is 0 Å². The Morgan fingerprint density at radius 2 is 2.29 bits per heavy atom. The lowest BCUT2D eigenvalue weighted by Crippen LogP contribution is -2.37. The Labute approximate surface area is 101 Å². The summed E-state index contributed by atoms with van der Waals surface area (Å²) in [6.07, 6.45) is 4.77. The van der Waals surface area contributed by atoms with Crippen molar-refractivity contribution < 1.29 is 13.9 Å². The third kappa shape index (κ3) is 2.36. The van der Waals surface area contributed by atoms with Crippen molar-refractivity contribution in [2.75, 3.05) is 13.2 Å². The third-order valence-corrected chi connectivity index (χ3v) is 3.46. The molecule has 2 aliphatic rings. The fraction of sp³-hybridized carbons (Fsp3) is 0.615. The Bertz CT molecular complexity index is 377. The fourth-order valence-corrected chi connectivity index (χ4v) is 2.31. The molecule has 1 aromatic rings.